The van der Waals surface area contributed by atoms with E-state index in [-0.39, 0.29) is 24.7 Å². The van der Waals surface area contributed by atoms with Crippen LogP contribution in [0.15, 0.2) is 48.5 Å². The van der Waals surface area contributed by atoms with Gasteiger partial charge in [-0.1, -0.05) is 36.1 Å². The number of hydrogen-bond donors (Lipinski definition) is 2. The van der Waals surface area contributed by atoms with Crippen molar-refractivity contribution in [1.29, 1.82) is 0 Å². The maximum Gasteiger partial charge on any atom is 0.228 e. The molecule has 0 unspecified atom stereocenters. The Labute approximate surface area is 123 Å². The molecule has 0 saturated carbocycles. The monoisotopic (exact) mass is 282 g/mol. The van der Waals surface area contributed by atoms with Crippen molar-refractivity contribution in [3.05, 3.63) is 65.5 Å². The fourth-order valence-corrected chi connectivity index (χ4v) is 1.83. The summed E-state index contributed by atoms with van der Waals surface area (Å²) in [6, 6.07) is 13.1. The Bertz CT molecular complexity index is 684. The number of hydrogen-bond acceptors (Lipinski definition) is 2. The fraction of sp³-hybridized carbons (Fsp3) is 0.118. The minimum Gasteiger partial charge on any atom is -0.325 e. The van der Waals surface area contributed by atoms with E-state index < -0.39 is 0 Å². The van der Waals surface area contributed by atoms with Gasteiger partial charge in [-0.25, -0.2) is 4.39 Å². The van der Waals surface area contributed by atoms with Crippen LogP contribution in [0.5, 0.6) is 0 Å². The molecule has 3 nitrogen and oxygen atoms in total. The molecule has 2 rings (SSSR count). The predicted octanol–water partition coefficient (Wildman–Crippen LogP) is 2.32. The van der Waals surface area contributed by atoms with Crippen LogP contribution in [0.25, 0.3) is 0 Å². The van der Waals surface area contributed by atoms with Gasteiger partial charge in [-0.15, -0.1) is 0 Å². The minimum atomic E-state index is -0.318. The zero-order valence-corrected chi connectivity index (χ0v) is 11.4. The van der Waals surface area contributed by atoms with Crippen molar-refractivity contribution in [2.45, 2.75) is 6.42 Å². The zero-order valence-electron chi connectivity index (χ0n) is 11.4. The number of carbonyl (C=O) groups is 1. The first-order valence-electron chi connectivity index (χ1n) is 6.51. The van der Waals surface area contributed by atoms with E-state index in [4.69, 9.17) is 5.73 Å². The number of halogens is 1. The molecular formula is C17H15FN2O. The molecule has 0 fully saturated rings. The Morgan fingerprint density at radius 1 is 1.14 bits per heavy atom. The van der Waals surface area contributed by atoms with Crippen LogP contribution >= 0.6 is 0 Å². The van der Waals surface area contributed by atoms with Gasteiger partial charge >= 0.3 is 0 Å². The summed E-state index contributed by atoms with van der Waals surface area (Å²) in [5.74, 6) is 5.17. The van der Waals surface area contributed by atoms with Gasteiger partial charge in [0.15, 0.2) is 0 Å². The first kappa shape index (κ1) is 14.8. The Kier molecular flexibility index (Phi) is 5.08. The summed E-state index contributed by atoms with van der Waals surface area (Å²) >= 11 is 0. The molecule has 0 aliphatic heterocycles. The van der Waals surface area contributed by atoms with Crippen molar-refractivity contribution in [1.82, 2.24) is 0 Å². The van der Waals surface area contributed by atoms with Gasteiger partial charge in [-0.3, -0.25) is 4.79 Å². The molecule has 0 atom stereocenters. The molecule has 4 heteroatoms. The summed E-state index contributed by atoms with van der Waals surface area (Å²) in [4.78, 5) is 12.0. The molecule has 0 saturated heterocycles. The van der Waals surface area contributed by atoms with Crippen LogP contribution in [0.4, 0.5) is 10.1 Å². The van der Waals surface area contributed by atoms with Crippen LogP contribution in [0.3, 0.4) is 0 Å². The van der Waals surface area contributed by atoms with Gasteiger partial charge in [-0.05, 0) is 29.8 Å². The molecular weight excluding hydrogens is 267 g/mol. The number of nitrogens with two attached hydrogens (primary N) is 1. The Hall–Kier alpha value is -2.64. The third kappa shape index (κ3) is 4.44. The molecule has 0 spiro atoms. The molecule has 0 aliphatic carbocycles. The molecule has 0 heterocycles. The van der Waals surface area contributed by atoms with E-state index in [0.717, 1.165) is 11.1 Å². The topological polar surface area (TPSA) is 55.1 Å². The SMILES string of the molecule is NCC#Cc1ccccc1NC(=O)Cc1ccc(F)cc1. The smallest absolute Gasteiger partial charge is 0.228 e. The normalized spacial score (nSPS) is 9.62. The van der Waals surface area contributed by atoms with E-state index in [1.807, 2.05) is 18.2 Å². The molecule has 1 amide bonds. The van der Waals surface area contributed by atoms with Crippen molar-refractivity contribution in [2.24, 2.45) is 5.73 Å². The number of carbonyl (C=O) groups excluding carboxylic acids is 1. The number of anilines is 1. The van der Waals surface area contributed by atoms with Crippen LogP contribution in [0.2, 0.25) is 0 Å². The third-order valence-corrected chi connectivity index (χ3v) is 2.80. The fourth-order valence-electron chi connectivity index (χ4n) is 1.83. The first-order valence-corrected chi connectivity index (χ1v) is 6.51. The number of benzene rings is 2. The quantitative estimate of drug-likeness (QED) is 0.849. The second-order valence-corrected chi connectivity index (χ2v) is 4.40. The molecule has 0 aromatic heterocycles. The average molecular weight is 282 g/mol. The van der Waals surface area contributed by atoms with E-state index in [1.54, 1.807) is 18.2 Å². The van der Waals surface area contributed by atoms with Crippen LogP contribution in [-0.2, 0) is 11.2 Å². The Morgan fingerprint density at radius 3 is 2.57 bits per heavy atom. The lowest BCUT2D eigenvalue weighted by Gasteiger charge is -2.07. The minimum absolute atomic E-state index is 0.177. The number of nitrogens with one attached hydrogen (secondary N) is 1. The van der Waals surface area contributed by atoms with Gasteiger partial charge in [0.25, 0.3) is 0 Å². The highest BCUT2D eigenvalue weighted by Crippen LogP contribution is 2.14. The Balaban J connectivity index is 2.07. The molecule has 0 radical (unpaired) electrons. The van der Waals surface area contributed by atoms with E-state index in [9.17, 15) is 9.18 Å². The standard InChI is InChI=1S/C17H15FN2O/c18-15-9-7-13(8-10-15)12-17(21)20-16-6-2-1-4-14(16)5-3-11-19/h1-2,4,6-10H,11-12,19H2,(H,20,21). The largest absolute Gasteiger partial charge is 0.325 e. The maximum absolute atomic E-state index is 12.8. The van der Waals surface area contributed by atoms with Crippen LogP contribution in [0, 0.1) is 17.7 Å². The van der Waals surface area contributed by atoms with Gasteiger partial charge < -0.3 is 11.1 Å². The van der Waals surface area contributed by atoms with Gasteiger partial charge in [0.1, 0.15) is 5.82 Å². The summed E-state index contributed by atoms with van der Waals surface area (Å²) in [7, 11) is 0. The lowest BCUT2D eigenvalue weighted by atomic mass is 10.1. The summed E-state index contributed by atoms with van der Waals surface area (Å²) in [6.45, 7) is 0.262. The number of para-hydroxylation sites is 1. The zero-order chi connectivity index (χ0) is 15.1. The lowest BCUT2D eigenvalue weighted by molar-refractivity contribution is -0.115. The molecule has 0 bridgehead atoms. The summed E-state index contributed by atoms with van der Waals surface area (Å²) in [5.41, 5.74) is 7.46. The van der Waals surface area contributed by atoms with E-state index in [0.29, 0.717) is 5.69 Å². The number of amides is 1. The van der Waals surface area contributed by atoms with Crippen LogP contribution < -0.4 is 11.1 Å². The summed E-state index contributed by atoms with van der Waals surface area (Å²) in [6.07, 6.45) is 0.179. The van der Waals surface area contributed by atoms with Crippen LogP contribution in [-0.4, -0.2) is 12.5 Å². The number of rotatable bonds is 3. The van der Waals surface area contributed by atoms with Gasteiger partial charge in [0.2, 0.25) is 5.91 Å². The van der Waals surface area contributed by atoms with Gasteiger partial charge in [-0.2, -0.15) is 0 Å². The second-order valence-electron chi connectivity index (χ2n) is 4.40. The van der Waals surface area contributed by atoms with Gasteiger partial charge in [0.05, 0.1) is 18.7 Å². The Morgan fingerprint density at radius 2 is 1.86 bits per heavy atom. The second kappa shape index (κ2) is 7.22. The molecule has 3 N–H and O–H groups in total. The summed E-state index contributed by atoms with van der Waals surface area (Å²) in [5, 5.41) is 2.81. The average Bonchev–Trinajstić information content (AvgIpc) is 2.49. The van der Waals surface area contributed by atoms with Crippen LogP contribution in [0.1, 0.15) is 11.1 Å². The first-order chi connectivity index (χ1) is 10.2. The molecule has 0 aliphatic rings. The van der Waals surface area contributed by atoms with E-state index in [1.165, 1.54) is 12.1 Å². The third-order valence-electron chi connectivity index (χ3n) is 2.80. The highest BCUT2D eigenvalue weighted by Gasteiger charge is 2.06. The van der Waals surface area contributed by atoms with E-state index in [2.05, 4.69) is 17.2 Å². The highest BCUT2D eigenvalue weighted by atomic mass is 19.1. The van der Waals surface area contributed by atoms with Crippen molar-refractivity contribution in [3.8, 4) is 11.8 Å². The molecule has 2 aromatic rings. The van der Waals surface area contributed by atoms with Crippen molar-refractivity contribution >= 4 is 11.6 Å². The van der Waals surface area contributed by atoms with Gasteiger partial charge in [0, 0.05) is 5.56 Å². The van der Waals surface area contributed by atoms with Crippen molar-refractivity contribution in [2.75, 3.05) is 11.9 Å². The van der Waals surface area contributed by atoms with E-state index >= 15 is 0 Å². The summed E-state index contributed by atoms with van der Waals surface area (Å²) < 4.78 is 12.8. The molecule has 2 aromatic carbocycles. The predicted molar refractivity (Wildman–Crippen MR) is 81.1 cm³/mol. The van der Waals surface area contributed by atoms with Crippen molar-refractivity contribution < 1.29 is 9.18 Å². The molecule has 21 heavy (non-hydrogen) atoms. The molecule has 106 valence electrons. The maximum atomic E-state index is 12.8. The lowest BCUT2D eigenvalue weighted by Crippen LogP contribution is -2.15. The highest BCUT2D eigenvalue weighted by molar-refractivity contribution is 5.93. The van der Waals surface area contributed by atoms with Crippen molar-refractivity contribution in [3.63, 3.8) is 0 Å².